The molecule has 1 amide bonds. The number of nitrogens with zero attached hydrogens (tertiary/aromatic N) is 1. The van der Waals surface area contributed by atoms with E-state index in [-0.39, 0.29) is 24.5 Å². The Kier molecular flexibility index (Phi) is 6.41. The first-order valence-corrected chi connectivity index (χ1v) is 10.4. The minimum atomic E-state index is -0.904. The van der Waals surface area contributed by atoms with Gasteiger partial charge in [0.2, 0.25) is 0 Å². The van der Waals surface area contributed by atoms with Gasteiger partial charge in [0.1, 0.15) is 19.0 Å². The van der Waals surface area contributed by atoms with Crippen molar-refractivity contribution in [2.24, 2.45) is 0 Å². The SMILES string of the molecule is COCCN1C(=O)C(=O)/C(=C(/O)c2ccc3c(c2)OCCO3)C1c1cccc(OC)c1OC. The number of rotatable bonds is 7. The van der Waals surface area contributed by atoms with Gasteiger partial charge in [-0.2, -0.15) is 0 Å². The fourth-order valence-electron chi connectivity index (χ4n) is 4.10. The van der Waals surface area contributed by atoms with Crippen molar-refractivity contribution in [2.45, 2.75) is 6.04 Å². The van der Waals surface area contributed by atoms with E-state index in [9.17, 15) is 14.7 Å². The number of aliphatic hydroxyl groups excluding tert-OH is 1. The van der Waals surface area contributed by atoms with E-state index >= 15 is 0 Å². The molecule has 2 heterocycles. The first kappa shape index (κ1) is 22.5. The molecular weight excluding hydrogens is 430 g/mol. The van der Waals surface area contributed by atoms with Gasteiger partial charge in [0, 0.05) is 24.8 Å². The Morgan fingerprint density at radius 3 is 2.52 bits per heavy atom. The highest BCUT2D eigenvalue weighted by molar-refractivity contribution is 6.46. The molecule has 0 saturated carbocycles. The molecule has 2 aliphatic rings. The van der Waals surface area contributed by atoms with Crippen molar-refractivity contribution in [3.8, 4) is 23.0 Å². The summed E-state index contributed by atoms with van der Waals surface area (Å²) in [6.45, 7) is 1.15. The maximum atomic E-state index is 13.1. The van der Waals surface area contributed by atoms with Crippen LogP contribution in [0.3, 0.4) is 0 Å². The van der Waals surface area contributed by atoms with Crippen LogP contribution in [0.4, 0.5) is 0 Å². The van der Waals surface area contributed by atoms with Gasteiger partial charge in [-0.25, -0.2) is 0 Å². The van der Waals surface area contributed by atoms with Crippen LogP contribution in [0.25, 0.3) is 5.76 Å². The lowest BCUT2D eigenvalue weighted by Crippen LogP contribution is -2.32. The molecule has 0 aromatic heterocycles. The number of ether oxygens (including phenoxy) is 5. The van der Waals surface area contributed by atoms with Gasteiger partial charge in [-0.15, -0.1) is 0 Å². The maximum Gasteiger partial charge on any atom is 0.295 e. The number of aliphatic hydroxyl groups is 1. The third kappa shape index (κ3) is 3.95. The molecule has 2 aliphatic heterocycles. The molecule has 0 radical (unpaired) electrons. The van der Waals surface area contributed by atoms with Crippen molar-refractivity contribution in [2.75, 3.05) is 47.7 Å². The molecule has 0 spiro atoms. The average molecular weight is 455 g/mol. The van der Waals surface area contributed by atoms with Crippen LogP contribution in [0.5, 0.6) is 23.0 Å². The number of carbonyl (C=O) groups excluding carboxylic acids is 2. The minimum absolute atomic E-state index is 0.0562. The zero-order valence-electron chi connectivity index (χ0n) is 18.6. The van der Waals surface area contributed by atoms with Crippen LogP contribution < -0.4 is 18.9 Å². The average Bonchev–Trinajstić information content (AvgIpc) is 3.10. The predicted octanol–water partition coefficient (Wildman–Crippen LogP) is 2.54. The summed E-state index contributed by atoms with van der Waals surface area (Å²) in [6, 6.07) is 9.14. The molecule has 1 saturated heterocycles. The topological polar surface area (TPSA) is 104 Å². The number of carbonyl (C=O) groups is 2. The summed E-state index contributed by atoms with van der Waals surface area (Å²) in [5.41, 5.74) is 0.779. The van der Waals surface area contributed by atoms with Gasteiger partial charge < -0.3 is 33.7 Å². The second kappa shape index (κ2) is 9.41. The molecule has 1 atom stereocenters. The van der Waals surface area contributed by atoms with Crippen LogP contribution in [-0.2, 0) is 14.3 Å². The normalized spacial score (nSPS) is 19.0. The Bertz CT molecular complexity index is 1110. The van der Waals surface area contributed by atoms with E-state index in [1.807, 2.05) is 0 Å². The van der Waals surface area contributed by atoms with Crippen molar-refractivity contribution in [3.05, 3.63) is 53.1 Å². The standard InChI is InChI=1S/C24H25NO8/c1-29-10-9-25-20(15-5-4-6-17(30-2)23(15)31-3)19(22(27)24(25)28)21(26)14-7-8-16-18(13-14)33-12-11-32-16/h4-8,13,20,26H,9-12H2,1-3H3/b21-19+. The molecule has 0 bridgehead atoms. The summed E-state index contributed by atoms with van der Waals surface area (Å²) < 4.78 is 27.2. The third-order valence-electron chi connectivity index (χ3n) is 5.62. The second-order valence-electron chi connectivity index (χ2n) is 7.43. The van der Waals surface area contributed by atoms with E-state index in [2.05, 4.69) is 0 Å². The smallest absolute Gasteiger partial charge is 0.295 e. The largest absolute Gasteiger partial charge is 0.507 e. The number of ketones is 1. The Morgan fingerprint density at radius 1 is 1.06 bits per heavy atom. The van der Waals surface area contributed by atoms with Crippen molar-refractivity contribution < 1.29 is 38.4 Å². The molecule has 9 heteroatoms. The van der Waals surface area contributed by atoms with Gasteiger partial charge in [0.15, 0.2) is 23.0 Å². The Morgan fingerprint density at radius 2 is 1.82 bits per heavy atom. The number of fused-ring (bicyclic) bond motifs is 1. The number of likely N-dealkylation sites (tertiary alicyclic amines) is 1. The number of para-hydroxylation sites is 1. The van der Waals surface area contributed by atoms with E-state index < -0.39 is 17.7 Å². The van der Waals surface area contributed by atoms with Gasteiger partial charge in [0.25, 0.3) is 11.7 Å². The lowest BCUT2D eigenvalue weighted by atomic mass is 9.94. The summed E-state index contributed by atoms with van der Waals surface area (Å²) in [7, 11) is 4.48. The summed E-state index contributed by atoms with van der Waals surface area (Å²) in [6.07, 6.45) is 0. The zero-order valence-corrected chi connectivity index (χ0v) is 18.6. The molecule has 0 aliphatic carbocycles. The quantitative estimate of drug-likeness (QED) is 0.386. The van der Waals surface area contributed by atoms with Gasteiger partial charge in [-0.05, 0) is 24.3 Å². The Labute approximate surface area is 191 Å². The summed E-state index contributed by atoms with van der Waals surface area (Å²) in [5, 5.41) is 11.3. The van der Waals surface area contributed by atoms with Crippen LogP contribution in [0, 0.1) is 0 Å². The summed E-state index contributed by atoms with van der Waals surface area (Å²) in [4.78, 5) is 27.5. The van der Waals surface area contributed by atoms with Gasteiger partial charge in [0.05, 0.1) is 32.4 Å². The van der Waals surface area contributed by atoms with Crippen molar-refractivity contribution >= 4 is 17.4 Å². The van der Waals surface area contributed by atoms with E-state index in [0.717, 1.165) is 0 Å². The summed E-state index contributed by atoms with van der Waals surface area (Å²) in [5.74, 6) is -0.0534. The Balaban J connectivity index is 1.90. The highest BCUT2D eigenvalue weighted by atomic mass is 16.6. The zero-order chi connectivity index (χ0) is 23.5. The van der Waals surface area contributed by atoms with E-state index in [1.54, 1.807) is 36.4 Å². The molecule has 1 N–H and O–H groups in total. The predicted molar refractivity (Wildman–Crippen MR) is 118 cm³/mol. The fraction of sp³-hybridized carbons (Fsp3) is 0.333. The van der Waals surface area contributed by atoms with Gasteiger partial charge in [-0.1, -0.05) is 12.1 Å². The molecule has 33 heavy (non-hydrogen) atoms. The first-order chi connectivity index (χ1) is 16.0. The first-order valence-electron chi connectivity index (χ1n) is 10.4. The van der Waals surface area contributed by atoms with Crippen LogP contribution in [0.1, 0.15) is 17.2 Å². The van der Waals surface area contributed by atoms with Crippen LogP contribution in [0.15, 0.2) is 42.0 Å². The van der Waals surface area contributed by atoms with Crippen LogP contribution >= 0.6 is 0 Å². The number of amides is 1. The fourth-order valence-corrected chi connectivity index (χ4v) is 4.10. The number of hydrogen-bond donors (Lipinski definition) is 1. The van der Waals surface area contributed by atoms with Gasteiger partial charge in [-0.3, -0.25) is 9.59 Å². The second-order valence-corrected chi connectivity index (χ2v) is 7.43. The molecule has 174 valence electrons. The number of methoxy groups -OCH3 is 3. The van der Waals surface area contributed by atoms with Crippen LogP contribution in [-0.4, -0.2) is 69.4 Å². The van der Waals surface area contributed by atoms with Crippen molar-refractivity contribution in [1.82, 2.24) is 4.90 Å². The van der Waals surface area contributed by atoms with Crippen molar-refractivity contribution in [1.29, 1.82) is 0 Å². The number of hydrogen-bond acceptors (Lipinski definition) is 8. The lowest BCUT2D eigenvalue weighted by molar-refractivity contribution is -0.140. The molecule has 2 aromatic rings. The lowest BCUT2D eigenvalue weighted by Gasteiger charge is -2.27. The highest BCUT2D eigenvalue weighted by Gasteiger charge is 2.47. The van der Waals surface area contributed by atoms with Crippen LogP contribution in [0.2, 0.25) is 0 Å². The van der Waals surface area contributed by atoms with Crippen molar-refractivity contribution in [3.63, 3.8) is 0 Å². The maximum absolute atomic E-state index is 13.1. The molecule has 1 fully saturated rings. The molecule has 4 rings (SSSR count). The van der Waals surface area contributed by atoms with E-state index in [0.29, 0.717) is 47.3 Å². The number of Topliss-reactive ketones (excluding diaryl/α,β-unsaturated/α-hetero) is 1. The third-order valence-corrected chi connectivity index (χ3v) is 5.62. The van der Waals surface area contributed by atoms with E-state index in [1.165, 1.54) is 26.2 Å². The molecule has 1 unspecified atom stereocenters. The Hall–Kier alpha value is -3.72. The highest BCUT2D eigenvalue weighted by Crippen LogP contribution is 2.46. The molecular formula is C24H25NO8. The monoisotopic (exact) mass is 455 g/mol. The molecule has 9 nitrogen and oxygen atoms in total. The number of benzene rings is 2. The molecule has 2 aromatic carbocycles. The van der Waals surface area contributed by atoms with Gasteiger partial charge >= 0.3 is 0 Å². The van der Waals surface area contributed by atoms with E-state index in [4.69, 9.17) is 23.7 Å². The summed E-state index contributed by atoms with van der Waals surface area (Å²) >= 11 is 0. The minimum Gasteiger partial charge on any atom is -0.507 e.